The lowest BCUT2D eigenvalue weighted by atomic mass is 9.92. The molecule has 0 bridgehead atoms. The molecule has 4 rings (SSSR count). The molecule has 0 radical (unpaired) electrons. The number of aromatic nitrogens is 1. The van der Waals surface area contributed by atoms with Gasteiger partial charge in [-0.1, -0.05) is 25.0 Å². The third-order valence-corrected chi connectivity index (χ3v) is 6.19. The maximum atomic E-state index is 13.6. The van der Waals surface area contributed by atoms with Crippen molar-refractivity contribution >= 4 is 11.8 Å². The summed E-state index contributed by atoms with van der Waals surface area (Å²) < 4.78 is 18.9. The van der Waals surface area contributed by atoms with Crippen LogP contribution in [0.2, 0.25) is 0 Å². The number of hydrogen-bond acceptors (Lipinski definition) is 4. The largest absolute Gasteiger partial charge is 0.481 e. The van der Waals surface area contributed by atoms with Crippen LogP contribution in [0.1, 0.15) is 60.5 Å². The van der Waals surface area contributed by atoms with E-state index in [1.807, 2.05) is 12.1 Å². The second-order valence-electron chi connectivity index (χ2n) is 8.30. The zero-order chi connectivity index (χ0) is 21.6. The number of nitrogens with zero attached hydrogens (tertiary/aromatic N) is 2. The summed E-state index contributed by atoms with van der Waals surface area (Å²) in [5, 5.41) is 3.08. The molecule has 31 heavy (non-hydrogen) atoms. The van der Waals surface area contributed by atoms with E-state index >= 15 is 0 Å². The van der Waals surface area contributed by atoms with Crippen molar-refractivity contribution in [2.45, 2.75) is 50.5 Å². The Bertz CT molecular complexity index is 905. The molecule has 2 amide bonds. The molecule has 1 saturated carbocycles. The number of rotatable bonds is 6. The molecule has 1 aromatic carbocycles. The van der Waals surface area contributed by atoms with Gasteiger partial charge >= 0.3 is 0 Å². The fourth-order valence-electron chi connectivity index (χ4n) is 4.34. The van der Waals surface area contributed by atoms with Crippen LogP contribution in [0, 0.1) is 5.82 Å². The number of carbonyl (C=O) groups is 2. The topological polar surface area (TPSA) is 71.5 Å². The van der Waals surface area contributed by atoms with Crippen molar-refractivity contribution in [2.24, 2.45) is 0 Å². The maximum absolute atomic E-state index is 13.6. The van der Waals surface area contributed by atoms with Crippen LogP contribution in [-0.2, 0) is 4.79 Å². The van der Waals surface area contributed by atoms with Gasteiger partial charge in [0, 0.05) is 36.9 Å². The summed E-state index contributed by atoms with van der Waals surface area (Å²) in [5.41, 5.74) is 1.54. The van der Waals surface area contributed by atoms with Crippen LogP contribution in [0.25, 0.3) is 0 Å². The second-order valence-corrected chi connectivity index (χ2v) is 8.30. The van der Waals surface area contributed by atoms with E-state index in [0.29, 0.717) is 18.7 Å². The van der Waals surface area contributed by atoms with Gasteiger partial charge in [-0.05, 0) is 49.9 Å². The Hall–Kier alpha value is -2.96. The van der Waals surface area contributed by atoms with Gasteiger partial charge in [0.1, 0.15) is 0 Å². The third kappa shape index (κ3) is 5.40. The highest BCUT2D eigenvalue weighted by Crippen LogP contribution is 2.27. The van der Waals surface area contributed by atoms with E-state index in [-0.39, 0.29) is 36.1 Å². The van der Waals surface area contributed by atoms with Crippen LogP contribution >= 0.6 is 0 Å². The highest BCUT2D eigenvalue weighted by atomic mass is 19.1. The molecule has 0 unspecified atom stereocenters. The summed E-state index contributed by atoms with van der Waals surface area (Å²) in [6, 6.07) is 10.1. The molecule has 2 heterocycles. The summed E-state index contributed by atoms with van der Waals surface area (Å²) >= 11 is 0. The summed E-state index contributed by atoms with van der Waals surface area (Å²) in [7, 11) is 0. The molecule has 2 aliphatic rings. The van der Waals surface area contributed by atoms with Crippen molar-refractivity contribution in [1.82, 2.24) is 15.2 Å². The molecular formula is C24H28FN3O3. The van der Waals surface area contributed by atoms with E-state index in [1.165, 1.54) is 25.0 Å². The number of halogens is 1. The Morgan fingerprint density at radius 1 is 1.06 bits per heavy atom. The smallest absolute Gasteiger partial charge is 0.260 e. The van der Waals surface area contributed by atoms with Gasteiger partial charge in [0.25, 0.3) is 11.8 Å². The Morgan fingerprint density at radius 2 is 1.81 bits per heavy atom. The van der Waals surface area contributed by atoms with Crippen LogP contribution in [-0.4, -0.2) is 47.4 Å². The SMILES string of the molecule is O=C(NC1CCCC1)c1ccc(C2CCN(C(=O)COc3ccccc3F)CC2)nc1. The molecule has 1 aliphatic heterocycles. The fourth-order valence-corrected chi connectivity index (χ4v) is 4.34. The van der Waals surface area contributed by atoms with Gasteiger partial charge in [-0.3, -0.25) is 14.6 Å². The normalized spacial score (nSPS) is 17.5. The monoisotopic (exact) mass is 425 g/mol. The predicted molar refractivity (Wildman–Crippen MR) is 114 cm³/mol. The Labute approximate surface area is 181 Å². The van der Waals surface area contributed by atoms with Crippen LogP contribution in [0.5, 0.6) is 5.75 Å². The second kappa shape index (κ2) is 9.90. The number of likely N-dealkylation sites (tertiary alicyclic amines) is 1. The van der Waals surface area contributed by atoms with E-state index in [4.69, 9.17) is 4.74 Å². The minimum absolute atomic E-state index is 0.0544. The molecule has 6 nitrogen and oxygen atoms in total. The van der Waals surface area contributed by atoms with Crippen molar-refractivity contribution in [2.75, 3.05) is 19.7 Å². The van der Waals surface area contributed by atoms with Crippen molar-refractivity contribution in [3.8, 4) is 5.75 Å². The minimum atomic E-state index is -0.472. The lowest BCUT2D eigenvalue weighted by Gasteiger charge is -2.31. The first kappa shape index (κ1) is 21.3. The molecule has 1 aliphatic carbocycles. The number of benzene rings is 1. The van der Waals surface area contributed by atoms with Crippen LogP contribution in [0.15, 0.2) is 42.6 Å². The number of nitrogens with one attached hydrogen (secondary N) is 1. The molecule has 2 aromatic rings. The Kier molecular flexibility index (Phi) is 6.79. The number of amides is 2. The standard InChI is InChI=1S/C24H28FN3O3/c25-20-7-3-4-8-22(20)31-16-23(29)28-13-11-17(12-14-28)21-10-9-18(15-26-21)24(30)27-19-5-1-2-6-19/h3-4,7-10,15,17,19H,1-2,5-6,11-14,16H2,(H,27,30). The molecule has 164 valence electrons. The Balaban J connectivity index is 1.25. The highest BCUT2D eigenvalue weighted by molar-refractivity contribution is 5.94. The first-order valence-corrected chi connectivity index (χ1v) is 11.0. The quantitative estimate of drug-likeness (QED) is 0.767. The molecular weight excluding hydrogens is 397 g/mol. The average molecular weight is 426 g/mol. The van der Waals surface area contributed by atoms with E-state index in [1.54, 1.807) is 23.2 Å². The fraction of sp³-hybridized carbons (Fsp3) is 0.458. The van der Waals surface area contributed by atoms with E-state index in [2.05, 4.69) is 10.3 Å². The van der Waals surface area contributed by atoms with Gasteiger partial charge in [-0.25, -0.2) is 4.39 Å². The summed E-state index contributed by atoms with van der Waals surface area (Å²) in [6.45, 7) is 1.04. The first-order valence-electron chi connectivity index (χ1n) is 11.0. The minimum Gasteiger partial charge on any atom is -0.481 e. The predicted octanol–water partition coefficient (Wildman–Crippen LogP) is 3.68. The van der Waals surface area contributed by atoms with Crippen LogP contribution in [0.3, 0.4) is 0 Å². The number of pyridine rings is 1. The summed E-state index contributed by atoms with van der Waals surface area (Å²) in [6.07, 6.45) is 7.72. The first-order chi connectivity index (χ1) is 15.1. The van der Waals surface area contributed by atoms with Crippen LogP contribution < -0.4 is 10.1 Å². The number of ether oxygens (including phenoxy) is 1. The molecule has 0 spiro atoms. The van der Waals surface area contributed by atoms with Gasteiger partial charge in [0.2, 0.25) is 0 Å². The number of carbonyl (C=O) groups excluding carboxylic acids is 2. The van der Waals surface area contributed by atoms with Gasteiger partial charge in [-0.2, -0.15) is 0 Å². The van der Waals surface area contributed by atoms with Crippen LogP contribution in [0.4, 0.5) is 4.39 Å². The molecule has 1 saturated heterocycles. The molecule has 1 N–H and O–H groups in total. The van der Waals surface area contributed by atoms with Crippen molar-refractivity contribution in [1.29, 1.82) is 0 Å². The number of piperidine rings is 1. The lowest BCUT2D eigenvalue weighted by Crippen LogP contribution is -2.40. The van der Waals surface area contributed by atoms with Crippen molar-refractivity contribution in [3.63, 3.8) is 0 Å². The average Bonchev–Trinajstić information content (AvgIpc) is 3.31. The van der Waals surface area contributed by atoms with Crippen molar-refractivity contribution < 1.29 is 18.7 Å². The summed E-state index contributed by atoms with van der Waals surface area (Å²) in [5.74, 6) is -0.328. The molecule has 2 fully saturated rings. The zero-order valence-corrected chi connectivity index (χ0v) is 17.6. The van der Waals surface area contributed by atoms with Gasteiger partial charge < -0.3 is 15.0 Å². The number of para-hydroxylation sites is 1. The van der Waals surface area contributed by atoms with Gasteiger partial charge in [0.15, 0.2) is 18.2 Å². The molecule has 1 aromatic heterocycles. The highest BCUT2D eigenvalue weighted by Gasteiger charge is 2.25. The number of hydrogen-bond donors (Lipinski definition) is 1. The maximum Gasteiger partial charge on any atom is 0.260 e. The van der Waals surface area contributed by atoms with E-state index in [0.717, 1.165) is 31.4 Å². The lowest BCUT2D eigenvalue weighted by molar-refractivity contribution is -0.134. The van der Waals surface area contributed by atoms with E-state index < -0.39 is 5.82 Å². The molecule has 0 atom stereocenters. The van der Waals surface area contributed by atoms with Gasteiger partial charge in [0.05, 0.1) is 5.56 Å². The zero-order valence-electron chi connectivity index (χ0n) is 17.6. The Morgan fingerprint density at radius 3 is 2.48 bits per heavy atom. The summed E-state index contributed by atoms with van der Waals surface area (Å²) in [4.78, 5) is 31.0. The third-order valence-electron chi connectivity index (χ3n) is 6.19. The van der Waals surface area contributed by atoms with Gasteiger partial charge in [-0.15, -0.1) is 0 Å². The van der Waals surface area contributed by atoms with E-state index in [9.17, 15) is 14.0 Å². The van der Waals surface area contributed by atoms with Crippen molar-refractivity contribution in [3.05, 3.63) is 59.7 Å². The molecule has 7 heteroatoms.